The van der Waals surface area contributed by atoms with Gasteiger partial charge >= 0.3 is 0 Å². The number of aryl methyl sites for hydroxylation is 2. The van der Waals surface area contributed by atoms with E-state index >= 15 is 0 Å². The number of hydrogen-bond donors (Lipinski definition) is 2. The molecule has 5 heteroatoms. The molecule has 4 nitrogen and oxygen atoms in total. The van der Waals surface area contributed by atoms with Crippen LogP contribution < -0.4 is 11.1 Å². The van der Waals surface area contributed by atoms with Crippen LogP contribution in [0.3, 0.4) is 0 Å². The lowest BCUT2D eigenvalue weighted by atomic mass is 10.3. The second kappa shape index (κ2) is 6.61. The van der Waals surface area contributed by atoms with Crippen molar-refractivity contribution in [2.24, 2.45) is 0 Å². The number of hydrogen-bond acceptors (Lipinski definition) is 3. The van der Waals surface area contributed by atoms with Crippen LogP contribution in [0.25, 0.3) is 0 Å². The SMILES string of the molecule is CCCn1cc(N)cc1C(=O)NCc1ccc(CC)s1. The molecule has 0 bridgehead atoms. The Bertz CT molecular complexity index is 586. The molecular formula is C15H21N3OS. The van der Waals surface area contributed by atoms with Gasteiger partial charge in [-0.05, 0) is 31.0 Å². The van der Waals surface area contributed by atoms with Gasteiger partial charge in [-0.2, -0.15) is 0 Å². The second-order valence-electron chi connectivity index (χ2n) is 4.76. The maximum Gasteiger partial charge on any atom is 0.268 e. The van der Waals surface area contributed by atoms with Gasteiger partial charge < -0.3 is 15.6 Å². The lowest BCUT2D eigenvalue weighted by molar-refractivity contribution is 0.0942. The van der Waals surface area contributed by atoms with Crippen LogP contribution in [0.15, 0.2) is 24.4 Å². The van der Waals surface area contributed by atoms with E-state index in [4.69, 9.17) is 5.73 Å². The van der Waals surface area contributed by atoms with E-state index in [1.54, 1.807) is 17.4 Å². The molecule has 0 saturated carbocycles. The van der Waals surface area contributed by atoms with Crippen LogP contribution in [-0.4, -0.2) is 10.5 Å². The molecule has 0 atom stereocenters. The smallest absolute Gasteiger partial charge is 0.268 e. The summed E-state index contributed by atoms with van der Waals surface area (Å²) in [6.45, 7) is 5.59. The third kappa shape index (κ3) is 3.42. The fourth-order valence-electron chi connectivity index (χ4n) is 2.11. The number of amides is 1. The maximum atomic E-state index is 12.2. The molecule has 20 heavy (non-hydrogen) atoms. The predicted molar refractivity (Wildman–Crippen MR) is 84.0 cm³/mol. The minimum absolute atomic E-state index is 0.0680. The fraction of sp³-hybridized carbons (Fsp3) is 0.400. The first-order valence-corrected chi connectivity index (χ1v) is 7.77. The molecule has 1 amide bonds. The highest BCUT2D eigenvalue weighted by Crippen LogP contribution is 2.17. The number of nitrogen functional groups attached to an aromatic ring is 1. The Morgan fingerprint density at radius 1 is 1.35 bits per heavy atom. The van der Waals surface area contributed by atoms with Crippen molar-refractivity contribution >= 4 is 22.9 Å². The van der Waals surface area contributed by atoms with Crippen molar-refractivity contribution in [1.29, 1.82) is 0 Å². The van der Waals surface area contributed by atoms with E-state index in [9.17, 15) is 4.79 Å². The number of rotatable bonds is 6. The Labute approximate surface area is 123 Å². The number of nitrogens with two attached hydrogens (primary N) is 1. The summed E-state index contributed by atoms with van der Waals surface area (Å²) in [5.41, 5.74) is 7.05. The number of aromatic nitrogens is 1. The largest absolute Gasteiger partial charge is 0.397 e. The highest BCUT2D eigenvalue weighted by atomic mass is 32.1. The molecule has 0 aliphatic carbocycles. The molecule has 0 spiro atoms. The molecule has 2 aromatic rings. The van der Waals surface area contributed by atoms with Gasteiger partial charge in [-0.1, -0.05) is 13.8 Å². The number of thiophene rings is 1. The van der Waals surface area contributed by atoms with E-state index in [2.05, 4.69) is 31.3 Å². The Morgan fingerprint density at radius 2 is 2.10 bits per heavy atom. The number of carbonyl (C=O) groups is 1. The van der Waals surface area contributed by atoms with E-state index in [0.717, 1.165) is 19.4 Å². The van der Waals surface area contributed by atoms with E-state index < -0.39 is 0 Å². The van der Waals surface area contributed by atoms with Gasteiger partial charge in [0.1, 0.15) is 5.69 Å². The minimum Gasteiger partial charge on any atom is -0.397 e. The lowest BCUT2D eigenvalue weighted by Gasteiger charge is -2.07. The van der Waals surface area contributed by atoms with Gasteiger partial charge in [0.15, 0.2) is 0 Å². The number of nitrogens with one attached hydrogen (secondary N) is 1. The van der Waals surface area contributed by atoms with E-state index in [-0.39, 0.29) is 5.91 Å². The first-order chi connectivity index (χ1) is 9.63. The topological polar surface area (TPSA) is 60.0 Å². The summed E-state index contributed by atoms with van der Waals surface area (Å²) in [5, 5.41) is 2.96. The Kier molecular flexibility index (Phi) is 4.84. The average Bonchev–Trinajstić information content (AvgIpc) is 3.03. The third-order valence-electron chi connectivity index (χ3n) is 3.10. The minimum atomic E-state index is -0.0680. The van der Waals surface area contributed by atoms with Gasteiger partial charge in [-0.15, -0.1) is 11.3 Å². The summed E-state index contributed by atoms with van der Waals surface area (Å²) in [6, 6.07) is 5.92. The van der Waals surface area contributed by atoms with Gasteiger partial charge in [-0.25, -0.2) is 0 Å². The van der Waals surface area contributed by atoms with Crippen LogP contribution in [0.1, 0.15) is 40.5 Å². The number of anilines is 1. The van der Waals surface area contributed by atoms with Crippen LogP contribution in [0, 0.1) is 0 Å². The van der Waals surface area contributed by atoms with Gasteiger partial charge in [0.05, 0.1) is 12.2 Å². The van der Waals surface area contributed by atoms with Crippen LogP contribution >= 0.6 is 11.3 Å². The molecule has 2 heterocycles. The van der Waals surface area contributed by atoms with Gasteiger partial charge in [0, 0.05) is 22.5 Å². The highest BCUT2D eigenvalue weighted by molar-refractivity contribution is 7.11. The van der Waals surface area contributed by atoms with Gasteiger partial charge in [0.25, 0.3) is 5.91 Å². The standard InChI is InChI=1S/C15H21N3OS/c1-3-7-18-10-11(16)8-14(18)15(19)17-9-13-6-5-12(4-2)20-13/h5-6,8,10H,3-4,7,9,16H2,1-2H3,(H,17,19). The molecule has 2 rings (SSSR count). The van der Waals surface area contributed by atoms with Gasteiger partial charge in [-0.3, -0.25) is 4.79 Å². The normalized spacial score (nSPS) is 10.7. The zero-order valence-electron chi connectivity index (χ0n) is 12.0. The summed E-state index contributed by atoms with van der Waals surface area (Å²) < 4.78 is 1.91. The summed E-state index contributed by atoms with van der Waals surface area (Å²) in [6.07, 6.45) is 3.83. The Balaban J connectivity index is 2.01. The maximum absolute atomic E-state index is 12.2. The zero-order valence-corrected chi connectivity index (χ0v) is 12.8. The lowest BCUT2D eigenvalue weighted by Crippen LogP contribution is -2.25. The van der Waals surface area contributed by atoms with E-state index in [0.29, 0.717) is 17.9 Å². The summed E-state index contributed by atoms with van der Waals surface area (Å²) >= 11 is 1.74. The molecule has 0 radical (unpaired) electrons. The van der Waals surface area contributed by atoms with Crippen molar-refractivity contribution < 1.29 is 4.79 Å². The van der Waals surface area contributed by atoms with Crippen molar-refractivity contribution in [2.45, 2.75) is 39.8 Å². The zero-order chi connectivity index (χ0) is 14.5. The molecule has 2 aromatic heterocycles. The molecular weight excluding hydrogens is 270 g/mol. The summed E-state index contributed by atoms with van der Waals surface area (Å²) in [4.78, 5) is 14.7. The second-order valence-corrected chi connectivity index (χ2v) is 6.01. The van der Waals surface area contributed by atoms with Crippen molar-refractivity contribution in [2.75, 3.05) is 5.73 Å². The average molecular weight is 291 g/mol. The first-order valence-electron chi connectivity index (χ1n) is 6.95. The molecule has 3 N–H and O–H groups in total. The summed E-state index contributed by atoms with van der Waals surface area (Å²) in [7, 11) is 0. The summed E-state index contributed by atoms with van der Waals surface area (Å²) in [5.74, 6) is -0.0680. The van der Waals surface area contributed by atoms with Crippen LogP contribution in [-0.2, 0) is 19.5 Å². The fourth-order valence-corrected chi connectivity index (χ4v) is 3.01. The monoisotopic (exact) mass is 291 g/mol. The van der Waals surface area contributed by atoms with Crippen molar-refractivity contribution in [3.05, 3.63) is 39.8 Å². The molecule has 0 aromatic carbocycles. The molecule has 0 aliphatic heterocycles. The number of carbonyl (C=O) groups excluding carboxylic acids is 1. The van der Waals surface area contributed by atoms with Crippen LogP contribution in [0.4, 0.5) is 5.69 Å². The quantitative estimate of drug-likeness (QED) is 0.859. The molecule has 0 unspecified atom stereocenters. The molecule has 0 aliphatic rings. The van der Waals surface area contributed by atoms with E-state index in [1.807, 2.05) is 10.8 Å². The van der Waals surface area contributed by atoms with Gasteiger partial charge in [0.2, 0.25) is 0 Å². The van der Waals surface area contributed by atoms with Crippen molar-refractivity contribution in [3.8, 4) is 0 Å². The predicted octanol–water partition coefficient (Wildman–Crippen LogP) is 3.03. The Hall–Kier alpha value is -1.75. The number of nitrogens with zero attached hydrogens (tertiary/aromatic N) is 1. The van der Waals surface area contributed by atoms with E-state index in [1.165, 1.54) is 9.75 Å². The molecule has 0 saturated heterocycles. The molecule has 0 fully saturated rings. The molecule has 108 valence electrons. The van der Waals surface area contributed by atoms with Crippen LogP contribution in [0.5, 0.6) is 0 Å². The van der Waals surface area contributed by atoms with Crippen molar-refractivity contribution in [3.63, 3.8) is 0 Å². The third-order valence-corrected chi connectivity index (χ3v) is 4.33. The van der Waals surface area contributed by atoms with Crippen LogP contribution in [0.2, 0.25) is 0 Å². The van der Waals surface area contributed by atoms with Crippen molar-refractivity contribution in [1.82, 2.24) is 9.88 Å². The Morgan fingerprint density at radius 3 is 2.75 bits per heavy atom. The first kappa shape index (κ1) is 14.7. The highest BCUT2D eigenvalue weighted by Gasteiger charge is 2.12.